The van der Waals surface area contributed by atoms with Crippen molar-refractivity contribution in [1.29, 1.82) is 0 Å². The zero-order valence-electron chi connectivity index (χ0n) is 11.9. The van der Waals surface area contributed by atoms with Crippen LogP contribution in [0.4, 0.5) is 0 Å². The van der Waals surface area contributed by atoms with E-state index in [1.54, 1.807) is 36.2 Å². The molecule has 0 bridgehead atoms. The second-order valence-corrected chi connectivity index (χ2v) is 6.19. The van der Waals surface area contributed by atoms with Gasteiger partial charge in [-0.1, -0.05) is 42.1 Å². The maximum Gasteiger partial charge on any atom is 0.246 e. The molecule has 3 nitrogen and oxygen atoms in total. The molecule has 1 aromatic rings. The van der Waals surface area contributed by atoms with E-state index in [-0.39, 0.29) is 11.9 Å². The largest absolute Gasteiger partial charge is 0.391 e. The van der Waals surface area contributed by atoms with Crippen molar-refractivity contribution in [2.45, 2.75) is 37.8 Å². The molecule has 1 fully saturated rings. The van der Waals surface area contributed by atoms with E-state index in [0.717, 1.165) is 31.2 Å². The van der Waals surface area contributed by atoms with Gasteiger partial charge >= 0.3 is 0 Å². The van der Waals surface area contributed by atoms with Crippen molar-refractivity contribution in [3.63, 3.8) is 0 Å². The van der Waals surface area contributed by atoms with Crippen LogP contribution in [0.2, 0.25) is 10.0 Å². The van der Waals surface area contributed by atoms with Gasteiger partial charge in [0, 0.05) is 13.1 Å². The van der Waals surface area contributed by atoms with Gasteiger partial charge in [0.25, 0.3) is 0 Å². The van der Waals surface area contributed by atoms with Gasteiger partial charge in [-0.15, -0.1) is 0 Å². The van der Waals surface area contributed by atoms with Crippen LogP contribution < -0.4 is 0 Å². The van der Waals surface area contributed by atoms with Crippen LogP contribution in [-0.4, -0.2) is 35.1 Å². The molecule has 0 aliphatic heterocycles. The van der Waals surface area contributed by atoms with Crippen molar-refractivity contribution in [1.82, 2.24) is 4.90 Å². The number of amides is 1. The number of aliphatic hydroxyl groups is 1. The zero-order chi connectivity index (χ0) is 15.4. The fraction of sp³-hybridized carbons (Fsp3) is 0.438. The van der Waals surface area contributed by atoms with Gasteiger partial charge < -0.3 is 10.0 Å². The van der Waals surface area contributed by atoms with Crippen LogP contribution in [0.3, 0.4) is 0 Å². The highest BCUT2D eigenvalue weighted by molar-refractivity contribution is 6.42. The van der Waals surface area contributed by atoms with E-state index in [2.05, 4.69) is 0 Å². The van der Waals surface area contributed by atoms with E-state index in [1.807, 2.05) is 0 Å². The van der Waals surface area contributed by atoms with Crippen molar-refractivity contribution in [3.8, 4) is 0 Å². The first kappa shape index (κ1) is 16.3. The third-order valence-corrected chi connectivity index (χ3v) is 4.64. The molecular weight excluding hydrogens is 309 g/mol. The van der Waals surface area contributed by atoms with E-state index in [1.165, 1.54) is 6.08 Å². The van der Waals surface area contributed by atoms with Gasteiger partial charge in [-0.2, -0.15) is 0 Å². The number of halogens is 2. The number of aliphatic hydroxyl groups excluding tert-OH is 1. The Labute approximate surface area is 135 Å². The first-order valence-corrected chi connectivity index (χ1v) is 7.82. The molecule has 2 atom stereocenters. The van der Waals surface area contributed by atoms with E-state index in [4.69, 9.17) is 23.2 Å². The molecule has 1 N–H and O–H groups in total. The predicted molar refractivity (Wildman–Crippen MR) is 86.5 cm³/mol. The van der Waals surface area contributed by atoms with Gasteiger partial charge in [-0.3, -0.25) is 4.79 Å². The third-order valence-electron chi connectivity index (χ3n) is 3.90. The van der Waals surface area contributed by atoms with Crippen LogP contribution in [0.15, 0.2) is 24.3 Å². The van der Waals surface area contributed by atoms with Crippen molar-refractivity contribution in [2.75, 3.05) is 7.05 Å². The van der Waals surface area contributed by atoms with Gasteiger partial charge in [-0.25, -0.2) is 0 Å². The van der Waals surface area contributed by atoms with Gasteiger partial charge in [0.05, 0.1) is 22.2 Å². The summed E-state index contributed by atoms with van der Waals surface area (Å²) in [6.45, 7) is 0. The zero-order valence-corrected chi connectivity index (χ0v) is 13.4. The smallest absolute Gasteiger partial charge is 0.246 e. The highest BCUT2D eigenvalue weighted by atomic mass is 35.5. The van der Waals surface area contributed by atoms with E-state index >= 15 is 0 Å². The molecule has 0 heterocycles. The van der Waals surface area contributed by atoms with Crippen LogP contribution in [0.25, 0.3) is 6.08 Å². The molecule has 1 aromatic carbocycles. The Hall–Kier alpha value is -1.03. The minimum atomic E-state index is -0.425. The molecule has 2 unspecified atom stereocenters. The lowest BCUT2D eigenvalue weighted by atomic mass is 9.91. The molecule has 114 valence electrons. The Morgan fingerprint density at radius 3 is 2.67 bits per heavy atom. The minimum absolute atomic E-state index is 0.0929. The maximum absolute atomic E-state index is 12.2. The average Bonchev–Trinajstić information content (AvgIpc) is 2.48. The lowest BCUT2D eigenvalue weighted by Crippen LogP contribution is -2.45. The lowest BCUT2D eigenvalue weighted by molar-refractivity contribution is -0.130. The Morgan fingerprint density at radius 1 is 1.29 bits per heavy atom. The Bertz CT molecular complexity index is 545. The van der Waals surface area contributed by atoms with Crippen molar-refractivity contribution >= 4 is 35.2 Å². The van der Waals surface area contributed by atoms with Crippen LogP contribution in [0, 0.1) is 0 Å². The number of likely N-dealkylation sites (N-methyl/N-ethyl adjacent to an activating group) is 1. The molecule has 5 heteroatoms. The SMILES string of the molecule is CN(C(=O)/C=C/c1ccc(Cl)c(Cl)c1)C1CCCCC1O. The molecule has 1 saturated carbocycles. The second kappa shape index (κ2) is 7.30. The Morgan fingerprint density at radius 2 is 2.00 bits per heavy atom. The molecule has 0 radical (unpaired) electrons. The van der Waals surface area contributed by atoms with Gasteiger partial charge in [0.1, 0.15) is 0 Å². The number of rotatable bonds is 3. The standard InChI is InChI=1S/C16H19Cl2NO2/c1-19(14-4-2-3-5-15(14)20)16(21)9-7-11-6-8-12(17)13(18)10-11/h6-10,14-15,20H,2-5H2,1H3/b9-7+. The van der Waals surface area contributed by atoms with Crippen molar-refractivity contribution < 1.29 is 9.90 Å². The van der Waals surface area contributed by atoms with Crippen LogP contribution in [-0.2, 0) is 4.79 Å². The fourth-order valence-electron chi connectivity index (χ4n) is 2.61. The molecular formula is C16H19Cl2NO2. The number of carbonyl (C=O) groups excluding carboxylic acids is 1. The normalized spacial score (nSPS) is 22.5. The molecule has 0 aromatic heterocycles. The van der Waals surface area contributed by atoms with Crippen molar-refractivity contribution in [3.05, 3.63) is 39.9 Å². The number of hydrogen-bond acceptors (Lipinski definition) is 2. The topological polar surface area (TPSA) is 40.5 Å². The average molecular weight is 328 g/mol. The first-order valence-electron chi connectivity index (χ1n) is 7.07. The van der Waals surface area contributed by atoms with Gasteiger partial charge in [0.15, 0.2) is 0 Å². The number of carbonyl (C=O) groups is 1. The summed E-state index contributed by atoms with van der Waals surface area (Å²) in [4.78, 5) is 13.8. The van der Waals surface area contributed by atoms with Gasteiger partial charge in [0.2, 0.25) is 5.91 Å². The molecule has 1 aliphatic rings. The first-order chi connectivity index (χ1) is 9.99. The summed E-state index contributed by atoms with van der Waals surface area (Å²) in [5, 5.41) is 10.9. The fourth-order valence-corrected chi connectivity index (χ4v) is 2.91. The molecule has 1 amide bonds. The molecule has 0 spiro atoms. The van der Waals surface area contributed by atoms with Crippen molar-refractivity contribution in [2.24, 2.45) is 0 Å². The van der Waals surface area contributed by atoms with Gasteiger partial charge in [-0.05, 0) is 36.6 Å². The summed E-state index contributed by atoms with van der Waals surface area (Å²) in [5.41, 5.74) is 0.815. The molecule has 21 heavy (non-hydrogen) atoms. The third kappa shape index (κ3) is 4.22. The maximum atomic E-state index is 12.2. The summed E-state index contributed by atoms with van der Waals surface area (Å²) in [5.74, 6) is -0.118. The van der Waals surface area contributed by atoms with E-state index in [9.17, 15) is 9.90 Å². The van der Waals surface area contributed by atoms with Crippen LogP contribution in [0.1, 0.15) is 31.2 Å². The number of nitrogens with zero attached hydrogens (tertiary/aromatic N) is 1. The predicted octanol–water partition coefficient (Wildman–Crippen LogP) is 3.77. The Balaban J connectivity index is 2.02. The molecule has 0 saturated heterocycles. The summed E-state index contributed by atoms with van der Waals surface area (Å²) < 4.78 is 0. The summed E-state index contributed by atoms with van der Waals surface area (Å²) in [6.07, 6.45) is 6.47. The molecule has 1 aliphatic carbocycles. The highest BCUT2D eigenvalue weighted by Gasteiger charge is 2.28. The summed E-state index contributed by atoms with van der Waals surface area (Å²) in [6, 6.07) is 5.11. The van der Waals surface area contributed by atoms with E-state index < -0.39 is 6.10 Å². The monoisotopic (exact) mass is 327 g/mol. The highest BCUT2D eigenvalue weighted by Crippen LogP contribution is 2.24. The minimum Gasteiger partial charge on any atom is -0.391 e. The summed E-state index contributed by atoms with van der Waals surface area (Å²) in [7, 11) is 1.74. The van der Waals surface area contributed by atoms with Crippen LogP contribution in [0.5, 0.6) is 0 Å². The second-order valence-electron chi connectivity index (χ2n) is 5.38. The van der Waals surface area contributed by atoms with E-state index in [0.29, 0.717) is 10.0 Å². The quantitative estimate of drug-likeness (QED) is 0.858. The lowest BCUT2D eigenvalue weighted by Gasteiger charge is -2.34. The number of hydrogen-bond donors (Lipinski definition) is 1. The summed E-state index contributed by atoms with van der Waals surface area (Å²) >= 11 is 11.8. The molecule has 2 rings (SSSR count). The van der Waals surface area contributed by atoms with Crippen LogP contribution >= 0.6 is 23.2 Å². The Kier molecular flexibility index (Phi) is 5.68. The number of benzene rings is 1.